The molecule has 5 heteroatoms. The first-order valence-corrected chi connectivity index (χ1v) is 6.79. The first-order valence-electron chi connectivity index (χ1n) is 6.79. The molecule has 0 saturated carbocycles. The van der Waals surface area contributed by atoms with Crippen LogP contribution in [0, 0.1) is 5.41 Å². The minimum absolute atomic E-state index is 0.0708. The lowest BCUT2D eigenvalue weighted by Crippen LogP contribution is -2.37. The van der Waals surface area contributed by atoms with Crippen LogP contribution in [-0.4, -0.2) is 18.2 Å². The number of halogens is 3. The van der Waals surface area contributed by atoms with E-state index in [-0.39, 0.29) is 11.0 Å². The Morgan fingerprint density at radius 2 is 1.80 bits per heavy atom. The molecule has 1 saturated heterocycles. The van der Waals surface area contributed by atoms with Crippen LogP contribution in [0.15, 0.2) is 18.2 Å². The van der Waals surface area contributed by atoms with Crippen molar-refractivity contribution in [2.75, 3.05) is 18.0 Å². The van der Waals surface area contributed by atoms with Crippen molar-refractivity contribution in [3.05, 3.63) is 29.3 Å². The average molecular weight is 287 g/mol. The van der Waals surface area contributed by atoms with Gasteiger partial charge in [-0.2, -0.15) is 13.2 Å². The Hall–Kier alpha value is -1.23. The van der Waals surface area contributed by atoms with Crippen molar-refractivity contribution in [2.45, 2.75) is 39.5 Å². The van der Waals surface area contributed by atoms with Gasteiger partial charge in [0.2, 0.25) is 0 Å². The van der Waals surface area contributed by atoms with Gasteiger partial charge in [0, 0.05) is 18.8 Å². The highest BCUT2D eigenvalue weighted by atomic mass is 19.4. The fourth-order valence-electron chi connectivity index (χ4n) is 2.53. The summed E-state index contributed by atoms with van der Waals surface area (Å²) in [5.41, 5.74) is 0.0416. The Morgan fingerprint density at radius 1 is 1.20 bits per heavy atom. The van der Waals surface area contributed by atoms with Crippen molar-refractivity contribution in [3.63, 3.8) is 0 Å². The average Bonchev–Trinajstić information content (AvgIpc) is 2.37. The molecule has 1 aromatic carbocycles. The number of hydrogen-bond donors (Lipinski definition) is 1. The zero-order valence-corrected chi connectivity index (χ0v) is 11.8. The maximum Gasteiger partial charge on any atom is 0.416 e. The largest absolute Gasteiger partial charge is 0.416 e. The fraction of sp³-hybridized carbons (Fsp3) is 0.600. The molecule has 1 N–H and O–H groups in total. The van der Waals surface area contributed by atoms with Crippen molar-refractivity contribution >= 4 is 5.69 Å². The highest BCUT2D eigenvalue weighted by molar-refractivity contribution is 5.52. The second kappa shape index (κ2) is 5.28. The third kappa shape index (κ3) is 3.26. The van der Waals surface area contributed by atoms with Crippen LogP contribution in [0.5, 0.6) is 0 Å². The van der Waals surface area contributed by atoms with Gasteiger partial charge in [0.15, 0.2) is 0 Å². The Bertz CT molecular complexity index is 472. The summed E-state index contributed by atoms with van der Waals surface area (Å²) in [5.74, 6) is 0. The Morgan fingerprint density at radius 3 is 2.30 bits per heavy atom. The maximum absolute atomic E-state index is 13.0. The maximum atomic E-state index is 13.0. The van der Waals surface area contributed by atoms with Crippen molar-refractivity contribution in [1.82, 2.24) is 0 Å². The number of anilines is 1. The zero-order chi connectivity index (χ0) is 15.0. The summed E-state index contributed by atoms with van der Waals surface area (Å²) in [6, 6.07) is 4.20. The Kier molecular flexibility index (Phi) is 4.00. The Balaban J connectivity index is 2.26. The Labute approximate surface area is 117 Å². The molecule has 0 atom stereocenters. The number of nitrogens with zero attached hydrogens (tertiary/aromatic N) is 1. The summed E-state index contributed by atoms with van der Waals surface area (Å²) < 4.78 is 38.9. The summed E-state index contributed by atoms with van der Waals surface area (Å²) in [6.45, 7) is 5.30. The predicted molar refractivity (Wildman–Crippen MR) is 72.6 cm³/mol. The van der Waals surface area contributed by atoms with Gasteiger partial charge < -0.3 is 10.0 Å². The van der Waals surface area contributed by atoms with Gasteiger partial charge in [-0.1, -0.05) is 19.9 Å². The van der Waals surface area contributed by atoms with Gasteiger partial charge in [-0.3, -0.25) is 0 Å². The first kappa shape index (κ1) is 15.2. The molecule has 0 unspecified atom stereocenters. The van der Waals surface area contributed by atoms with Crippen LogP contribution in [0.25, 0.3) is 0 Å². The number of benzene rings is 1. The molecule has 0 bridgehead atoms. The number of aliphatic hydroxyl groups excluding tert-OH is 1. The van der Waals surface area contributed by atoms with E-state index in [1.54, 1.807) is 6.07 Å². The monoisotopic (exact) mass is 287 g/mol. The second-order valence-electron chi connectivity index (χ2n) is 6.15. The van der Waals surface area contributed by atoms with E-state index in [0.29, 0.717) is 5.69 Å². The van der Waals surface area contributed by atoms with Gasteiger partial charge in [0.25, 0.3) is 0 Å². The highest BCUT2D eigenvalue weighted by Crippen LogP contribution is 2.37. The fourth-order valence-corrected chi connectivity index (χ4v) is 2.53. The molecule has 0 spiro atoms. The van der Waals surface area contributed by atoms with Gasteiger partial charge in [0.1, 0.15) is 0 Å². The van der Waals surface area contributed by atoms with Crippen molar-refractivity contribution in [3.8, 4) is 0 Å². The van der Waals surface area contributed by atoms with Crippen LogP contribution < -0.4 is 4.90 Å². The SMILES string of the molecule is CC1(C)CCN(c2ccc(CO)c(C(F)(F)F)c2)CC1. The van der Waals surface area contributed by atoms with Crippen LogP contribution in [0.4, 0.5) is 18.9 Å². The predicted octanol–water partition coefficient (Wildman–Crippen LogP) is 3.82. The molecule has 0 aliphatic carbocycles. The molecule has 1 aliphatic rings. The minimum Gasteiger partial charge on any atom is -0.392 e. The topological polar surface area (TPSA) is 23.5 Å². The molecule has 20 heavy (non-hydrogen) atoms. The lowest BCUT2D eigenvalue weighted by molar-refractivity contribution is -0.138. The molecular formula is C15H20F3NO. The number of rotatable bonds is 2. The normalized spacial score (nSPS) is 19.2. The summed E-state index contributed by atoms with van der Waals surface area (Å²) in [4.78, 5) is 1.99. The molecule has 0 radical (unpaired) electrons. The third-order valence-corrected chi connectivity index (χ3v) is 4.05. The van der Waals surface area contributed by atoms with Gasteiger partial charge in [-0.25, -0.2) is 0 Å². The molecule has 1 aliphatic heterocycles. The molecule has 1 heterocycles. The summed E-state index contributed by atoms with van der Waals surface area (Å²) in [5, 5.41) is 9.04. The molecule has 2 nitrogen and oxygen atoms in total. The van der Waals surface area contributed by atoms with E-state index in [2.05, 4.69) is 13.8 Å². The van der Waals surface area contributed by atoms with E-state index in [0.717, 1.165) is 32.0 Å². The van der Waals surface area contributed by atoms with Gasteiger partial charge in [-0.05, 0) is 36.0 Å². The van der Waals surface area contributed by atoms with Crippen LogP contribution >= 0.6 is 0 Å². The number of piperidine rings is 1. The van der Waals surface area contributed by atoms with E-state index in [1.807, 2.05) is 4.90 Å². The quantitative estimate of drug-likeness (QED) is 0.893. The van der Waals surface area contributed by atoms with Crippen molar-refractivity contribution < 1.29 is 18.3 Å². The standard InChI is InChI=1S/C15H20F3NO/c1-14(2)5-7-19(8-6-14)12-4-3-11(10-20)13(9-12)15(16,17)18/h3-4,9,20H,5-8,10H2,1-2H3. The smallest absolute Gasteiger partial charge is 0.392 e. The molecular weight excluding hydrogens is 267 g/mol. The molecule has 0 amide bonds. The van der Waals surface area contributed by atoms with Gasteiger partial charge in [-0.15, -0.1) is 0 Å². The lowest BCUT2D eigenvalue weighted by Gasteiger charge is -2.38. The molecule has 0 aromatic heterocycles. The van der Waals surface area contributed by atoms with Crippen LogP contribution in [0.1, 0.15) is 37.8 Å². The van der Waals surface area contributed by atoms with E-state index < -0.39 is 18.3 Å². The molecule has 1 fully saturated rings. The van der Waals surface area contributed by atoms with Crippen LogP contribution in [-0.2, 0) is 12.8 Å². The minimum atomic E-state index is -4.43. The summed E-state index contributed by atoms with van der Waals surface area (Å²) in [7, 11) is 0. The van der Waals surface area contributed by atoms with E-state index in [4.69, 9.17) is 5.11 Å². The number of alkyl halides is 3. The lowest BCUT2D eigenvalue weighted by atomic mass is 9.82. The summed E-state index contributed by atoms with van der Waals surface area (Å²) >= 11 is 0. The molecule has 112 valence electrons. The zero-order valence-electron chi connectivity index (χ0n) is 11.8. The van der Waals surface area contributed by atoms with Crippen molar-refractivity contribution in [2.24, 2.45) is 5.41 Å². The number of hydrogen-bond acceptors (Lipinski definition) is 2. The molecule has 2 rings (SSSR count). The van der Waals surface area contributed by atoms with E-state index >= 15 is 0 Å². The van der Waals surface area contributed by atoms with Gasteiger partial charge in [0.05, 0.1) is 12.2 Å². The first-order chi connectivity index (χ1) is 9.23. The third-order valence-electron chi connectivity index (χ3n) is 4.05. The number of aliphatic hydroxyl groups is 1. The van der Waals surface area contributed by atoms with Crippen LogP contribution in [0.3, 0.4) is 0 Å². The second-order valence-corrected chi connectivity index (χ2v) is 6.15. The van der Waals surface area contributed by atoms with Crippen molar-refractivity contribution in [1.29, 1.82) is 0 Å². The van der Waals surface area contributed by atoms with E-state index in [9.17, 15) is 13.2 Å². The summed E-state index contributed by atoms with van der Waals surface area (Å²) in [6.07, 6.45) is -2.49. The van der Waals surface area contributed by atoms with Crippen LogP contribution in [0.2, 0.25) is 0 Å². The van der Waals surface area contributed by atoms with E-state index in [1.165, 1.54) is 6.07 Å². The highest BCUT2D eigenvalue weighted by Gasteiger charge is 2.34. The van der Waals surface area contributed by atoms with Gasteiger partial charge >= 0.3 is 6.18 Å². The molecule has 1 aromatic rings.